The molecule has 0 bridgehead atoms. The second-order valence-electron chi connectivity index (χ2n) is 7.92. The van der Waals surface area contributed by atoms with Gasteiger partial charge in [0.05, 0.1) is 6.61 Å². The lowest BCUT2D eigenvalue weighted by atomic mass is 9.97. The Morgan fingerprint density at radius 3 is 2.29 bits per heavy atom. The van der Waals surface area contributed by atoms with E-state index in [0.29, 0.717) is 6.42 Å². The monoisotopic (exact) mass is 440 g/mol. The van der Waals surface area contributed by atoms with E-state index in [0.717, 1.165) is 51.4 Å². The minimum atomic E-state index is -2.20. The molecular formula is C24H40O7. The summed E-state index contributed by atoms with van der Waals surface area (Å²) >= 11 is 0. The zero-order valence-electron chi connectivity index (χ0n) is 18.7. The van der Waals surface area contributed by atoms with Crippen LogP contribution in [-0.2, 0) is 14.3 Å². The highest BCUT2D eigenvalue weighted by atomic mass is 16.7. The van der Waals surface area contributed by atoms with E-state index in [4.69, 9.17) is 9.47 Å². The molecule has 0 aromatic heterocycles. The van der Waals surface area contributed by atoms with Crippen LogP contribution in [0.25, 0.3) is 0 Å². The molecule has 4 N–H and O–H groups in total. The summed E-state index contributed by atoms with van der Waals surface area (Å²) in [7, 11) is 0. The van der Waals surface area contributed by atoms with Gasteiger partial charge in [0, 0.05) is 6.42 Å². The van der Waals surface area contributed by atoms with Crippen molar-refractivity contribution in [1.82, 2.24) is 0 Å². The van der Waals surface area contributed by atoms with Gasteiger partial charge in [0.1, 0.15) is 24.9 Å². The maximum absolute atomic E-state index is 11.8. The third-order valence-electron chi connectivity index (χ3n) is 5.16. The third kappa shape index (κ3) is 11.6. The molecule has 1 aliphatic heterocycles. The fraction of sp³-hybridized carbons (Fsp3) is 0.708. The second-order valence-corrected chi connectivity index (χ2v) is 7.92. The number of allylic oxidation sites excluding steroid dienone is 6. The Kier molecular flexibility index (Phi) is 14.4. The van der Waals surface area contributed by atoms with Crippen molar-refractivity contribution in [3.63, 3.8) is 0 Å². The van der Waals surface area contributed by atoms with E-state index in [1.807, 2.05) is 0 Å². The van der Waals surface area contributed by atoms with Gasteiger partial charge in [0.25, 0.3) is 0 Å². The Bertz CT molecular complexity index is 572. The van der Waals surface area contributed by atoms with Gasteiger partial charge in [-0.2, -0.15) is 0 Å². The molecule has 0 amide bonds. The highest BCUT2D eigenvalue weighted by molar-refractivity contribution is 5.69. The molecule has 0 aliphatic carbocycles. The predicted octanol–water partition coefficient (Wildman–Crippen LogP) is 2.92. The van der Waals surface area contributed by atoms with Crippen molar-refractivity contribution >= 4 is 5.97 Å². The molecule has 1 heterocycles. The van der Waals surface area contributed by atoms with E-state index >= 15 is 0 Å². The maximum atomic E-state index is 11.8. The van der Waals surface area contributed by atoms with Crippen LogP contribution in [0.1, 0.15) is 71.1 Å². The Labute approximate surface area is 186 Å². The predicted molar refractivity (Wildman–Crippen MR) is 119 cm³/mol. The average Bonchev–Trinajstić information content (AvgIpc) is 2.76. The van der Waals surface area contributed by atoms with Crippen LogP contribution < -0.4 is 0 Å². The molecule has 0 unspecified atom stereocenters. The van der Waals surface area contributed by atoms with Crippen molar-refractivity contribution in [2.75, 3.05) is 13.2 Å². The number of hydrogen-bond donors (Lipinski definition) is 4. The fourth-order valence-electron chi connectivity index (χ4n) is 3.16. The molecule has 1 rings (SSSR count). The molecule has 7 nitrogen and oxygen atoms in total. The molecule has 0 aromatic carbocycles. The standard InChI is InChI=1S/C24H40O7/c1-2-3-4-5-6-7-8-9-10-11-12-13-14-15-16-17-21(26)30-19-24(29)23(28)22(27)20(25)18-31-24/h3-4,6-7,9-10,20,22-23,25,27-29H,2,5,8,11-19H2,1H3/b4-3-,7-6-,10-9-/t20-,22-,23+,24+/m1/s1. The number of carbonyl (C=O) groups is 1. The summed E-state index contributed by atoms with van der Waals surface area (Å²) in [6.07, 6.45) is 17.7. The summed E-state index contributed by atoms with van der Waals surface area (Å²) in [4.78, 5) is 11.8. The lowest BCUT2D eigenvalue weighted by Gasteiger charge is -2.40. The van der Waals surface area contributed by atoms with Crippen LogP contribution >= 0.6 is 0 Å². The summed E-state index contributed by atoms with van der Waals surface area (Å²) in [5.41, 5.74) is 0. The molecule has 0 aromatic rings. The van der Waals surface area contributed by atoms with E-state index in [1.54, 1.807) is 0 Å². The Balaban J connectivity index is 2.00. The fourth-order valence-corrected chi connectivity index (χ4v) is 3.16. The number of carbonyl (C=O) groups excluding carboxylic acids is 1. The van der Waals surface area contributed by atoms with Gasteiger partial charge >= 0.3 is 5.97 Å². The molecular weight excluding hydrogens is 400 g/mol. The SMILES string of the molecule is CC/C=C\C/C=C\C/C=C\CCCCCCCC(=O)OC[C@]1(O)OC[C@@H](O)[C@@H](O)[C@@H]1O. The number of rotatable bonds is 15. The summed E-state index contributed by atoms with van der Waals surface area (Å²) < 4.78 is 9.92. The van der Waals surface area contributed by atoms with Crippen molar-refractivity contribution in [2.45, 2.75) is 95.2 Å². The number of aliphatic hydroxyl groups excluding tert-OH is 3. The second kappa shape index (κ2) is 16.2. The molecule has 1 fully saturated rings. The molecule has 178 valence electrons. The smallest absolute Gasteiger partial charge is 0.305 e. The molecule has 0 saturated carbocycles. The van der Waals surface area contributed by atoms with Gasteiger partial charge in [-0.05, 0) is 38.5 Å². The molecule has 1 aliphatic rings. The van der Waals surface area contributed by atoms with Crippen molar-refractivity contribution in [2.24, 2.45) is 0 Å². The summed E-state index contributed by atoms with van der Waals surface area (Å²) in [6.45, 7) is 1.19. The Hall–Kier alpha value is -1.51. The molecule has 0 radical (unpaired) electrons. The molecule has 0 spiro atoms. The van der Waals surface area contributed by atoms with Gasteiger partial charge in [-0.3, -0.25) is 4.79 Å². The summed E-state index contributed by atoms with van der Waals surface area (Å²) in [5.74, 6) is -2.70. The quantitative estimate of drug-likeness (QED) is 0.176. The van der Waals surface area contributed by atoms with Crippen LogP contribution in [0.2, 0.25) is 0 Å². The zero-order chi connectivity index (χ0) is 23.0. The Morgan fingerprint density at radius 2 is 1.58 bits per heavy atom. The Morgan fingerprint density at radius 1 is 0.968 bits per heavy atom. The van der Waals surface area contributed by atoms with Gasteiger partial charge in [0.15, 0.2) is 0 Å². The minimum Gasteiger partial charge on any atom is -0.460 e. The molecule has 4 atom stereocenters. The molecule has 31 heavy (non-hydrogen) atoms. The van der Waals surface area contributed by atoms with Gasteiger partial charge < -0.3 is 29.9 Å². The lowest BCUT2D eigenvalue weighted by Crippen LogP contribution is -2.63. The van der Waals surface area contributed by atoms with Gasteiger partial charge in [-0.1, -0.05) is 62.6 Å². The van der Waals surface area contributed by atoms with Gasteiger partial charge in [0.2, 0.25) is 5.79 Å². The topological polar surface area (TPSA) is 116 Å². The van der Waals surface area contributed by atoms with Crippen LogP contribution in [0.3, 0.4) is 0 Å². The summed E-state index contributed by atoms with van der Waals surface area (Å²) in [6, 6.07) is 0. The number of ether oxygens (including phenoxy) is 2. The first-order valence-electron chi connectivity index (χ1n) is 11.4. The van der Waals surface area contributed by atoms with Crippen molar-refractivity contribution in [3.05, 3.63) is 36.5 Å². The summed E-state index contributed by atoms with van der Waals surface area (Å²) in [5, 5.41) is 39.0. The number of unbranched alkanes of at least 4 members (excludes halogenated alkanes) is 5. The van der Waals surface area contributed by atoms with Crippen LogP contribution in [0.4, 0.5) is 0 Å². The maximum Gasteiger partial charge on any atom is 0.305 e. The minimum absolute atomic E-state index is 0.219. The van der Waals surface area contributed by atoms with Crippen molar-refractivity contribution < 1.29 is 34.7 Å². The van der Waals surface area contributed by atoms with Crippen molar-refractivity contribution in [3.8, 4) is 0 Å². The van der Waals surface area contributed by atoms with E-state index in [-0.39, 0.29) is 13.0 Å². The number of hydrogen-bond acceptors (Lipinski definition) is 7. The normalized spacial score (nSPS) is 26.9. The van der Waals surface area contributed by atoms with E-state index < -0.39 is 36.7 Å². The number of esters is 1. The van der Waals surface area contributed by atoms with Crippen LogP contribution in [0.5, 0.6) is 0 Å². The highest BCUT2D eigenvalue weighted by Crippen LogP contribution is 2.24. The highest BCUT2D eigenvalue weighted by Gasteiger charge is 2.49. The van der Waals surface area contributed by atoms with E-state index in [9.17, 15) is 25.2 Å². The first kappa shape index (κ1) is 27.5. The lowest BCUT2D eigenvalue weighted by molar-refractivity contribution is -0.332. The van der Waals surface area contributed by atoms with E-state index in [2.05, 4.69) is 43.4 Å². The van der Waals surface area contributed by atoms with Crippen LogP contribution in [-0.4, -0.2) is 63.7 Å². The van der Waals surface area contributed by atoms with E-state index in [1.165, 1.54) is 0 Å². The van der Waals surface area contributed by atoms with Gasteiger partial charge in [-0.15, -0.1) is 0 Å². The first-order valence-corrected chi connectivity index (χ1v) is 11.4. The van der Waals surface area contributed by atoms with Gasteiger partial charge in [-0.25, -0.2) is 0 Å². The number of aliphatic hydroxyl groups is 4. The first-order chi connectivity index (χ1) is 14.9. The third-order valence-corrected chi connectivity index (χ3v) is 5.16. The molecule has 1 saturated heterocycles. The van der Waals surface area contributed by atoms with Crippen LogP contribution in [0, 0.1) is 0 Å². The molecule has 7 heteroatoms. The average molecular weight is 441 g/mol. The van der Waals surface area contributed by atoms with Crippen LogP contribution in [0.15, 0.2) is 36.5 Å². The zero-order valence-corrected chi connectivity index (χ0v) is 18.7. The largest absolute Gasteiger partial charge is 0.460 e. The van der Waals surface area contributed by atoms with Crippen molar-refractivity contribution in [1.29, 1.82) is 0 Å².